The van der Waals surface area contributed by atoms with Crippen molar-refractivity contribution < 1.29 is 4.79 Å². The van der Waals surface area contributed by atoms with E-state index < -0.39 is 0 Å². The summed E-state index contributed by atoms with van der Waals surface area (Å²) in [5.41, 5.74) is 5.77. The Bertz CT molecular complexity index is 447. The van der Waals surface area contributed by atoms with Crippen LogP contribution in [0.1, 0.15) is 33.6 Å². The second kappa shape index (κ2) is 5.23. The minimum Gasteiger partial charge on any atom is -0.382 e. The van der Waals surface area contributed by atoms with Gasteiger partial charge >= 0.3 is 0 Å². The zero-order chi connectivity index (χ0) is 14.0. The van der Waals surface area contributed by atoms with Crippen LogP contribution in [0.5, 0.6) is 0 Å². The number of nitrogen functional groups attached to an aromatic ring is 1. The van der Waals surface area contributed by atoms with E-state index in [4.69, 9.17) is 5.73 Å². The van der Waals surface area contributed by atoms with Crippen molar-refractivity contribution in [2.45, 2.75) is 40.2 Å². The molecule has 1 amide bonds. The van der Waals surface area contributed by atoms with E-state index in [1.54, 1.807) is 6.07 Å². The topological polar surface area (TPSA) is 64.2 Å². The molecular formula is C14H24N4O. The summed E-state index contributed by atoms with van der Waals surface area (Å²) in [6, 6.07) is 1.79. The number of hydrogen-bond donors (Lipinski definition) is 1. The molecule has 1 fully saturated rings. The molecule has 1 unspecified atom stereocenters. The average molecular weight is 264 g/mol. The zero-order valence-corrected chi connectivity index (χ0v) is 12.1. The first-order chi connectivity index (χ1) is 8.86. The quantitative estimate of drug-likeness (QED) is 0.901. The predicted octanol–water partition coefficient (Wildman–Crippen LogP) is 1.75. The molecule has 0 aliphatic carbocycles. The van der Waals surface area contributed by atoms with Crippen molar-refractivity contribution in [2.24, 2.45) is 11.3 Å². The number of aromatic nitrogens is 2. The average Bonchev–Trinajstić information content (AvgIpc) is 2.86. The van der Waals surface area contributed by atoms with Gasteiger partial charge in [0.2, 0.25) is 5.91 Å². The Balaban J connectivity index is 1.79. The molecule has 1 atom stereocenters. The highest BCUT2D eigenvalue weighted by Crippen LogP contribution is 2.34. The lowest BCUT2D eigenvalue weighted by molar-refractivity contribution is -0.127. The highest BCUT2D eigenvalue weighted by Gasteiger charge is 2.36. The lowest BCUT2D eigenvalue weighted by atomic mass is 9.80. The van der Waals surface area contributed by atoms with Crippen LogP contribution in [0.15, 0.2) is 12.3 Å². The number of rotatable bonds is 4. The van der Waals surface area contributed by atoms with E-state index in [9.17, 15) is 4.79 Å². The Labute approximate surface area is 114 Å². The van der Waals surface area contributed by atoms with Crippen molar-refractivity contribution in [1.82, 2.24) is 14.7 Å². The molecule has 0 radical (unpaired) electrons. The van der Waals surface area contributed by atoms with Gasteiger partial charge in [0.1, 0.15) is 5.82 Å². The van der Waals surface area contributed by atoms with E-state index >= 15 is 0 Å². The van der Waals surface area contributed by atoms with Crippen molar-refractivity contribution in [3.8, 4) is 0 Å². The van der Waals surface area contributed by atoms with Crippen LogP contribution in [0, 0.1) is 11.3 Å². The number of likely N-dealkylation sites (tertiary alicyclic amines) is 1. The summed E-state index contributed by atoms with van der Waals surface area (Å²) in [4.78, 5) is 14.0. The summed E-state index contributed by atoms with van der Waals surface area (Å²) in [5.74, 6) is 1.31. The third kappa shape index (κ3) is 3.49. The van der Waals surface area contributed by atoms with Crippen LogP contribution in [0.3, 0.4) is 0 Å². The second-order valence-electron chi connectivity index (χ2n) is 6.46. The number of nitrogens with two attached hydrogens (primary N) is 1. The number of anilines is 1. The maximum absolute atomic E-state index is 12.0. The van der Waals surface area contributed by atoms with Gasteiger partial charge in [-0.05, 0) is 23.8 Å². The molecule has 5 nitrogen and oxygen atoms in total. The van der Waals surface area contributed by atoms with Gasteiger partial charge in [-0.15, -0.1) is 0 Å². The molecule has 0 saturated carbocycles. The normalized spacial score (nSPS) is 20.3. The molecular weight excluding hydrogens is 240 g/mol. The maximum Gasteiger partial charge on any atom is 0.222 e. The van der Waals surface area contributed by atoms with E-state index in [0.29, 0.717) is 24.1 Å². The fraction of sp³-hybridized carbons (Fsp3) is 0.714. The maximum atomic E-state index is 12.0. The Hall–Kier alpha value is -1.52. The van der Waals surface area contributed by atoms with E-state index in [1.807, 2.05) is 15.8 Å². The molecule has 2 heterocycles. The lowest BCUT2D eigenvalue weighted by Gasteiger charge is -2.26. The van der Waals surface area contributed by atoms with Gasteiger partial charge in [0, 0.05) is 32.3 Å². The number of amides is 1. The number of nitrogens with zero attached hydrogens (tertiary/aromatic N) is 3. The fourth-order valence-electron chi connectivity index (χ4n) is 2.49. The standard InChI is InChI=1S/C14H24N4O/c1-14(2,3)11-9-13(19)17(10-11)6-4-7-18-8-5-12(15)16-18/h5,8,11H,4,6-7,9-10H2,1-3H3,(H2,15,16). The van der Waals surface area contributed by atoms with Crippen molar-refractivity contribution in [2.75, 3.05) is 18.8 Å². The van der Waals surface area contributed by atoms with Gasteiger partial charge < -0.3 is 10.6 Å². The van der Waals surface area contributed by atoms with Gasteiger partial charge in [-0.2, -0.15) is 5.10 Å². The summed E-state index contributed by atoms with van der Waals surface area (Å²) in [7, 11) is 0. The third-order valence-electron chi connectivity index (χ3n) is 3.92. The smallest absolute Gasteiger partial charge is 0.222 e. The first-order valence-electron chi connectivity index (χ1n) is 6.93. The molecule has 1 saturated heterocycles. The molecule has 1 aliphatic rings. The molecule has 106 valence electrons. The lowest BCUT2D eigenvalue weighted by Crippen LogP contribution is -2.29. The Morgan fingerprint density at radius 2 is 2.16 bits per heavy atom. The van der Waals surface area contributed by atoms with Gasteiger partial charge in [0.25, 0.3) is 0 Å². The second-order valence-corrected chi connectivity index (χ2v) is 6.46. The van der Waals surface area contributed by atoms with E-state index in [1.165, 1.54) is 0 Å². The highest BCUT2D eigenvalue weighted by molar-refractivity contribution is 5.78. The van der Waals surface area contributed by atoms with Crippen LogP contribution in [-0.2, 0) is 11.3 Å². The number of carbonyl (C=O) groups is 1. The van der Waals surface area contributed by atoms with Crippen LogP contribution in [0.4, 0.5) is 5.82 Å². The first kappa shape index (κ1) is 13.9. The summed E-state index contributed by atoms with van der Waals surface area (Å²) in [5, 5.41) is 4.14. The third-order valence-corrected chi connectivity index (χ3v) is 3.92. The van der Waals surface area contributed by atoms with Gasteiger partial charge in [0.15, 0.2) is 0 Å². The van der Waals surface area contributed by atoms with Crippen molar-refractivity contribution in [3.05, 3.63) is 12.3 Å². The van der Waals surface area contributed by atoms with Gasteiger partial charge in [-0.1, -0.05) is 20.8 Å². The molecule has 1 aliphatic heterocycles. The SMILES string of the molecule is CC(C)(C)C1CC(=O)N(CCCn2ccc(N)n2)C1. The van der Waals surface area contributed by atoms with Crippen LogP contribution >= 0.6 is 0 Å². The Morgan fingerprint density at radius 3 is 2.68 bits per heavy atom. The first-order valence-corrected chi connectivity index (χ1v) is 6.93. The monoisotopic (exact) mass is 264 g/mol. The predicted molar refractivity (Wildman–Crippen MR) is 75.4 cm³/mol. The van der Waals surface area contributed by atoms with Crippen LogP contribution < -0.4 is 5.73 Å². The molecule has 5 heteroatoms. The van der Waals surface area contributed by atoms with Gasteiger partial charge in [0.05, 0.1) is 0 Å². The number of aryl methyl sites for hydroxylation is 1. The Morgan fingerprint density at radius 1 is 1.42 bits per heavy atom. The molecule has 1 aromatic rings. The van der Waals surface area contributed by atoms with Crippen molar-refractivity contribution >= 4 is 11.7 Å². The largest absolute Gasteiger partial charge is 0.382 e. The minimum atomic E-state index is 0.209. The zero-order valence-electron chi connectivity index (χ0n) is 12.1. The van der Waals surface area contributed by atoms with Crippen molar-refractivity contribution in [3.63, 3.8) is 0 Å². The fourth-order valence-corrected chi connectivity index (χ4v) is 2.49. The molecule has 2 N–H and O–H groups in total. The molecule has 0 aromatic carbocycles. The minimum absolute atomic E-state index is 0.209. The number of carbonyl (C=O) groups excluding carboxylic acids is 1. The highest BCUT2D eigenvalue weighted by atomic mass is 16.2. The molecule has 2 rings (SSSR count). The molecule has 0 spiro atoms. The molecule has 1 aromatic heterocycles. The van der Waals surface area contributed by atoms with Crippen LogP contribution in [0.25, 0.3) is 0 Å². The Kier molecular flexibility index (Phi) is 3.83. The van der Waals surface area contributed by atoms with E-state index in [-0.39, 0.29) is 5.41 Å². The molecule has 0 bridgehead atoms. The van der Waals surface area contributed by atoms with E-state index in [0.717, 1.165) is 26.1 Å². The number of hydrogen-bond acceptors (Lipinski definition) is 3. The summed E-state index contributed by atoms with van der Waals surface area (Å²) >= 11 is 0. The van der Waals surface area contributed by atoms with Crippen LogP contribution in [-0.4, -0.2) is 33.7 Å². The van der Waals surface area contributed by atoms with Gasteiger partial charge in [-0.3, -0.25) is 9.48 Å². The summed E-state index contributed by atoms with van der Waals surface area (Å²) < 4.78 is 1.83. The van der Waals surface area contributed by atoms with E-state index in [2.05, 4.69) is 25.9 Å². The van der Waals surface area contributed by atoms with Crippen molar-refractivity contribution in [1.29, 1.82) is 0 Å². The molecule has 19 heavy (non-hydrogen) atoms. The summed E-state index contributed by atoms with van der Waals surface area (Å²) in [6.45, 7) is 9.14. The van der Waals surface area contributed by atoms with Crippen LogP contribution in [0.2, 0.25) is 0 Å². The van der Waals surface area contributed by atoms with Gasteiger partial charge in [-0.25, -0.2) is 0 Å². The summed E-state index contributed by atoms with van der Waals surface area (Å²) in [6.07, 6.45) is 3.49.